The van der Waals surface area contributed by atoms with E-state index >= 15 is 0 Å². The number of imide groups is 1. The number of carbonyl (C=O) groups excluding carboxylic acids is 3. The van der Waals surface area contributed by atoms with E-state index in [9.17, 15) is 14.4 Å². The minimum absolute atomic E-state index is 0.165. The summed E-state index contributed by atoms with van der Waals surface area (Å²) in [4.78, 5) is 35.3. The van der Waals surface area contributed by atoms with Crippen molar-refractivity contribution in [1.82, 2.24) is 4.90 Å². The maximum atomic E-state index is 11.5. The van der Waals surface area contributed by atoms with Gasteiger partial charge in [-0.05, 0) is 6.42 Å². The van der Waals surface area contributed by atoms with Crippen molar-refractivity contribution in [2.75, 3.05) is 52.8 Å². The van der Waals surface area contributed by atoms with Crippen LogP contribution in [-0.4, -0.2) is 75.5 Å². The summed E-state index contributed by atoms with van der Waals surface area (Å²) in [5.41, 5.74) is 0. The van der Waals surface area contributed by atoms with Gasteiger partial charge in [0, 0.05) is 18.6 Å². The summed E-state index contributed by atoms with van der Waals surface area (Å²) in [7, 11) is 0. The number of hydrogen-bond acceptors (Lipinski definition) is 7. The molecule has 1 aliphatic heterocycles. The Morgan fingerprint density at radius 3 is 1.93 bits per heavy atom. The molecule has 0 aliphatic carbocycles. The largest absolute Gasteiger partial charge is 0.463 e. The number of carbonyl (C=O) groups is 3. The van der Waals surface area contributed by atoms with Crippen LogP contribution in [0.1, 0.15) is 45.4 Å². The molecule has 1 heterocycles. The SMILES string of the molecule is CCCCCCCC(=O)OCCOCCOCCOCCN1C(=O)C=CC1=O. The van der Waals surface area contributed by atoms with Crippen LogP contribution >= 0.6 is 0 Å². The molecule has 1 aliphatic rings. The highest BCUT2D eigenvalue weighted by molar-refractivity contribution is 6.12. The molecule has 2 amide bonds. The topological polar surface area (TPSA) is 91.4 Å². The van der Waals surface area contributed by atoms with Crippen molar-refractivity contribution in [2.24, 2.45) is 0 Å². The number of nitrogens with zero attached hydrogens (tertiary/aromatic N) is 1. The summed E-state index contributed by atoms with van der Waals surface area (Å²) in [6, 6.07) is 0. The molecule has 0 atom stereocenters. The molecule has 1 rings (SSSR count). The highest BCUT2D eigenvalue weighted by Gasteiger charge is 2.22. The van der Waals surface area contributed by atoms with E-state index in [4.69, 9.17) is 18.9 Å². The molecule has 0 unspecified atom stereocenters. The number of esters is 1. The third kappa shape index (κ3) is 11.8. The Hall–Kier alpha value is -1.77. The fraction of sp³-hybridized carbons (Fsp3) is 0.750. The van der Waals surface area contributed by atoms with Crippen molar-refractivity contribution >= 4 is 17.8 Å². The van der Waals surface area contributed by atoms with Gasteiger partial charge in [0.2, 0.25) is 0 Å². The van der Waals surface area contributed by atoms with Crippen molar-refractivity contribution in [3.05, 3.63) is 12.2 Å². The molecule has 0 bridgehead atoms. The quantitative estimate of drug-likeness (QED) is 0.197. The van der Waals surface area contributed by atoms with Crippen LogP contribution in [0.3, 0.4) is 0 Å². The van der Waals surface area contributed by atoms with Crippen LogP contribution in [0.4, 0.5) is 0 Å². The highest BCUT2D eigenvalue weighted by atomic mass is 16.6. The van der Waals surface area contributed by atoms with Crippen LogP contribution < -0.4 is 0 Å². The van der Waals surface area contributed by atoms with Gasteiger partial charge < -0.3 is 18.9 Å². The standard InChI is InChI=1S/C20H33NO7/c1-2-3-4-5-6-7-20(24)28-17-16-27-15-14-26-13-12-25-11-10-21-18(22)8-9-19(21)23/h8-9H,2-7,10-17H2,1H3. The second kappa shape index (κ2) is 16.2. The number of ether oxygens (including phenoxy) is 4. The van der Waals surface area contributed by atoms with E-state index in [2.05, 4.69) is 6.92 Å². The van der Waals surface area contributed by atoms with Crippen molar-refractivity contribution in [3.8, 4) is 0 Å². The molecule has 160 valence electrons. The van der Waals surface area contributed by atoms with Gasteiger partial charge in [-0.1, -0.05) is 32.6 Å². The Morgan fingerprint density at radius 2 is 1.32 bits per heavy atom. The number of hydrogen-bond donors (Lipinski definition) is 0. The molecule has 0 fully saturated rings. The Labute approximate surface area is 167 Å². The fourth-order valence-corrected chi connectivity index (χ4v) is 2.51. The minimum atomic E-state index is -0.306. The highest BCUT2D eigenvalue weighted by Crippen LogP contribution is 2.05. The third-order valence-electron chi connectivity index (χ3n) is 4.08. The van der Waals surface area contributed by atoms with Gasteiger partial charge in [0.15, 0.2) is 0 Å². The Balaban J connectivity index is 1.78. The maximum Gasteiger partial charge on any atom is 0.305 e. The van der Waals surface area contributed by atoms with E-state index in [0.29, 0.717) is 39.5 Å². The lowest BCUT2D eigenvalue weighted by atomic mass is 10.1. The summed E-state index contributed by atoms with van der Waals surface area (Å²) in [5, 5.41) is 0. The van der Waals surface area contributed by atoms with Gasteiger partial charge in [-0.3, -0.25) is 19.3 Å². The Bertz CT molecular complexity index is 475. The van der Waals surface area contributed by atoms with Gasteiger partial charge in [-0.15, -0.1) is 0 Å². The lowest BCUT2D eigenvalue weighted by Crippen LogP contribution is -2.33. The van der Waals surface area contributed by atoms with Crippen molar-refractivity contribution in [1.29, 1.82) is 0 Å². The summed E-state index contributed by atoms with van der Waals surface area (Å²) < 4.78 is 21.1. The predicted molar refractivity (Wildman–Crippen MR) is 103 cm³/mol. The van der Waals surface area contributed by atoms with Crippen LogP contribution in [0.15, 0.2) is 12.2 Å². The zero-order chi connectivity index (χ0) is 20.5. The summed E-state index contributed by atoms with van der Waals surface area (Å²) >= 11 is 0. The number of amides is 2. The monoisotopic (exact) mass is 399 g/mol. The summed E-state index contributed by atoms with van der Waals surface area (Å²) in [6.07, 6.45) is 8.52. The lowest BCUT2D eigenvalue weighted by molar-refractivity contribution is -0.145. The molecule has 0 saturated carbocycles. The normalized spacial score (nSPS) is 13.5. The average Bonchev–Trinajstić information content (AvgIpc) is 3.00. The van der Waals surface area contributed by atoms with Crippen molar-refractivity contribution < 1.29 is 33.3 Å². The molecule has 28 heavy (non-hydrogen) atoms. The molecular formula is C20H33NO7. The zero-order valence-corrected chi connectivity index (χ0v) is 16.9. The predicted octanol–water partition coefficient (Wildman–Crippen LogP) is 1.86. The summed E-state index contributed by atoms with van der Waals surface area (Å²) in [5.74, 6) is -0.777. The van der Waals surface area contributed by atoms with E-state index in [1.807, 2.05) is 0 Å². The maximum absolute atomic E-state index is 11.5. The average molecular weight is 399 g/mol. The minimum Gasteiger partial charge on any atom is -0.463 e. The van der Waals surface area contributed by atoms with Crippen molar-refractivity contribution in [3.63, 3.8) is 0 Å². The molecule has 8 heteroatoms. The van der Waals surface area contributed by atoms with Crippen molar-refractivity contribution in [2.45, 2.75) is 45.4 Å². The number of rotatable bonds is 18. The Morgan fingerprint density at radius 1 is 0.786 bits per heavy atom. The van der Waals surface area contributed by atoms with Gasteiger partial charge >= 0.3 is 5.97 Å². The van der Waals surface area contributed by atoms with E-state index in [1.54, 1.807) is 0 Å². The Kier molecular flexibility index (Phi) is 14.0. The first kappa shape index (κ1) is 24.3. The van der Waals surface area contributed by atoms with E-state index in [1.165, 1.54) is 31.4 Å². The smallest absolute Gasteiger partial charge is 0.305 e. The first-order valence-corrected chi connectivity index (χ1v) is 10.1. The summed E-state index contributed by atoms with van der Waals surface area (Å²) in [6.45, 7) is 4.91. The van der Waals surface area contributed by atoms with Gasteiger partial charge in [0.25, 0.3) is 11.8 Å². The molecule has 0 spiro atoms. The van der Waals surface area contributed by atoms with Gasteiger partial charge in [0.1, 0.15) is 6.61 Å². The molecule has 0 radical (unpaired) electrons. The molecule has 0 aromatic heterocycles. The molecule has 8 nitrogen and oxygen atoms in total. The molecule has 0 saturated heterocycles. The van der Waals surface area contributed by atoms with Crippen LogP contribution in [-0.2, 0) is 33.3 Å². The van der Waals surface area contributed by atoms with Gasteiger partial charge in [0.05, 0.1) is 46.2 Å². The molecule has 0 aromatic rings. The van der Waals surface area contributed by atoms with Gasteiger partial charge in [-0.25, -0.2) is 0 Å². The zero-order valence-electron chi connectivity index (χ0n) is 16.9. The van der Waals surface area contributed by atoms with E-state index < -0.39 is 0 Å². The van der Waals surface area contributed by atoms with Gasteiger partial charge in [-0.2, -0.15) is 0 Å². The van der Waals surface area contributed by atoms with Crippen LogP contribution in [0.2, 0.25) is 0 Å². The first-order chi connectivity index (χ1) is 13.6. The van der Waals surface area contributed by atoms with Crippen LogP contribution in [0.25, 0.3) is 0 Å². The molecular weight excluding hydrogens is 366 g/mol. The van der Waals surface area contributed by atoms with E-state index in [-0.39, 0.29) is 37.5 Å². The molecule has 0 aromatic carbocycles. The molecule has 0 N–H and O–H groups in total. The van der Waals surface area contributed by atoms with Crippen LogP contribution in [0.5, 0.6) is 0 Å². The second-order valence-corrected chi connectivity index (χ2v) is 6.38. The number of unbranched alkanes of at least 4 members (excludes halogenated alkanes) is 4. The third-order valence-corrected chi connectivity index (χ3v) is 4.08. The van der Waals surface area contributed by atoms with E-state index in [0.717, 1.165) is 17.7 Å². The lowest BCUT2D eigenvalue weighted by Gasteiger charge is -2.13. The second-order valence-electron chi connectivity index (χ2n) is 6.38. The first-order valence-electron chi connectivity index (χ1n) is 10.1. The van der Waals surface area contributed by atoms with Crippen LogP contribution in [0, 0.1) is 0 Å². The fourth-order valence-electron chi connectivity index (χ4n) is 2.51.